The molecule has 0 bridgehead atoms. The zero-order chi connectivity index (χ0) is 10.7. The summed E-state index contributed by atoms with van der Waals surface area (Å²) in [6.45, 7) is 7.50. The normalized spacial score (nSPS) is 11.9. The molecule has 0 unspecified atom stereocenters. The van der Waals surface area contributed by atoms with Crippen LogP contribution in [-0.2, 0) is 7.05 Å². The molecule has 3 heteroatoms. The first-order valence-electron chi connectivity index (χ1n) is 4.60. The third-order valence-electron chi connectivity index (χ3n) is 2.00. The molecule has 0 aromatic carbocycles. The number of hydrogen-bond acceptors (Lipinski definition) is 1. The average Bonchev–Trinajstić information content (AvgIpc) is 2.45. The zero-order valence-corrected chi connectivity index (χ0v) is 8.84. The number of allylic oxidation sites excluding steroid dienone is 2. The predicted octanol–water partition coefficient (Wildman–Crippen LogP) is 3.01. The van der Waals surface area contributed by atoms with Crippen LogP contribution in [0.5, 0.6) is 0 Å². The van der Waals surface area contributed by atoms with Gasteiger partial charge < -0.3 is 4.57 Å². The third-order valence-corrected chi connectivity index (χ3v) is 2.00. The van der Waals surface area contributed by atoms with E-state index in [9.17, 15) is 4.39 Å². The fraction of sp³-hybridized carbons (Fsp3) is 0.364. The molecular weight excluding hydrogens is 179 g/mol. The molecule has 0 aliphatic rings. The van der Waals surface area contributed by atoms with E-state index in [4.69, 9.17) is 0 Å². The van der Waals surface area contributed by atoms with Crippen molar-refractivity contribution >= 4 is 5.83 Å². The lowest BCUT2D eigenvalue weighted by molar-refractivity contribution is 0.721. The SMILES string of the molecule is C=C(/C=C(/F)c1nc(C)cn1C)CC. The molecule has 0 atom stereocenters. The largest absolute Gasteiger partial charge is 0.332 e. The fourth-order valence-corrected chi connectivity index (χ4v) is 1.18. The number of nitrogens with zero attached hydrogens (tertiary/aromatic N) is 2. The van der Waals surface area contributed by atoms with Crippen molar-refractivity contribution in [3.8, 4) is 0 Å². The first kappa shape index (κ1) is 10.7. The van der Waals surface area contributed by atoms with Gasteiger partial charge in [0.2, 0.25) is 0 Å². The molecule has 0 spiro atoms. The summed E-state index contributed by atoms with van der Waals surface area (Å²) in [4.78, 5) is 4.08. The van der Waals surface area contributed by atoms with Crippen LogP contribution in [0.4, 0.5) is 4.39 Å². The molecule has 0 N–H and O–H groups in total. The van der Waals surface area contributed by atoms with E-state index in [2.05, 4.69) is 11.6 Å². The minimum Gasteiger partial charge on any atom is -0.332 e. The molecule has 1 aromatic rings. The molecule has 0 amide bonds. The van der Waals surface area contributed by atoms with Crippen molar-refractivity contribution in [1.82, 2.24) is 9.55 Å². The summed E-state index contributed by atoms with van der Waals surface area (Å²) in [5.74, 6) is 0.0320. The van der Waals surface area contributed by atoms with Crippen molar-refractivity contribution in [3.05, 3.63) is 35.9 Å². The zero-order valence-electron chi connectivity index (χ0n) is 8.84. The molecule has 0 saturated heterocycles. The van der Waals surface area contributed by atoms with Crippen molar-refractivity contribution in [3.63, 3.8) is 0 Å². The quantitative estimate of drug-likeness (QED) is 0.676. The van der Waals surface area contributed by atoms with Crippen LogP contribution < -0.4 is 0 Å². The molecule has 1 aromatic heterocycles. The van der Waals surface area contributed by atoms with Crippen LogP contribution >= 0.6 is 0 Å². The summed E-state index contributed by atoms with van der Waals surface area (Å²) < 4.78 is 15.2. The Balaban J connectivity index is 2.99. The summed E-state index contributed by atoms with van der Waals surface area (Å²) in [5, 5.41) is 0. The third kappa shape index (κ3) is 2.31. The second kappa shape index (κ2) is 4.22. The average molecular weight is 194 g/mol. The van der Waals surface area contributed by atoms with Gasteiger partial charge in [-0.05, 0) is 19.4 Å². The van der Waals surface area contributed by atoms with Gasteiger partial charge in [-0.2, -0.15) is 0 Å². The lowest BCUT2D eigenvalue weighted by Gasteiger charge is -1.98. The van der Waals surface area contributed by atoms with E-state index >= 15 is 0 Å². The number of halogens is 1. The van der Waals surface area contributed by atoms with Crippen LogP contribution in [0.2, 0.25) is 0 Å². The molecule has 0 radical (unpaired) electrons. The van der Waals surface area contributed by atoms with Gasteiger partial charge in [0.1, 0.15) is 0 Å². The number of hydrogen-bond donors (Lipinski definition) is 0. The molecule has 0 aliphatic heterocycles. The highest BCUT2D eigenvalue weighted by Gasteiger charge is 2.07. The molecule has 76 valence electrons. The lowest BCUT2D eigenvalue weighted by Crippen LogP contribution is -1.93. The van der Waals surface area contributed by atoms with Gasteiger partial charge in [0.15, 0.2) is 11.7 Å². The summed E-state index contributed by atoms with van der Waals surface area (Å²) in [5.41, 5.74) is 1.58. The van der Waals surface area contributed by atoms with Gasteiger partial charge in [0, 0.05) is 13.2 Å². The number of rotatable bonds is 3. The Kier molecular flexibility index (Phi) is 3.23. The van der Waals surface area contributed by atoms with Gasteiger partial charge in [-0.25, -0.2) is 9.37 Å². The monoisotopic (exact) mass is 194 g/mol. The van der Waals surface area contributed by atoms with Crippen molar-refractivity contribution < 1.29 is 4.39 Å². The Hall–Kier alpha value is -1.38. The molecule has 1 heterocycles. The lowest BCUT2D eigenvalue weighted by atomic mass is 10.2. The summed E-state index contributed by atoms with van der Waals surface area (Å²) >= 11 is 0. The van der Waals surface area contributed by atoms with E-state index in [1.807, 2.05) is 13.8 Å². The van der Waals surface area contributed by atoms with Gasteiger partial charge in [0.25, 0.3) is 0 Å². The van der Waals surface area contributed by atoms with Gasteiger partial charge in [-0.3, -0.25) is 0 Å². The van der Waals surface area contributed by atoms with Crippen molar-refractivity contribution in [1.29, 1.82) is 0 Å². The Labute approximate surface area is 83.8 Å². The Bertz CT molecular complexity index is 375. The van der Waals surface area contributed by atoms with Crippen LogP contribution in [-0.4, -0.2) is 9.55 Å². The number of imidazole rings is 1. The topological polar surface area (TPSA) is 17.8 Å². The van der Waals surface area contributed by atoms with E-state index < -0.39 is 0 Å². The van der Waals surface area contributed by atoms with Crippen molar-refractivity contribution in [2.24, 2.45) is 7.05 Å². The molecular formula is C11H15FN2. The van der Waals surface area contributed by atoms with Gasteiger partial charge in [0.05, 0.1) is 5.69 Å². The summed E-state index contributed by atoms with van der Waals surface area (Å²) in [6, 6.07) is 0. The van der Waals surface area contributed by atoms with E-state index in [0.29, 0.717) is 5.82 Å². The molecule has 0 saturated carbocycles. The maximum Gasteiger partial charge on any atom is 0.168 e. The minimum atomic E-state index is -0.326. The number of aromatic nitrogens is 2. The maximum atomic E-state index is 13.6. The molecule has 14 heavy (non-hydrogen) atoms. The first-order chi connectivity index (χ1) is 6.54. The van der Waals surface area contributed by atoms with Crippen molar-refractivity contribution in [2.45, 2.75) is 20.3 Å². The first-order valence-corrected chi connectivity index (χ1v) is 4.60. The van der Waals surface area contributed by atoms with E-state index in [1.54, 1.807) is 17.8 Å². The van der Waals surface area contributed by atoms with Crippen LogP contribution in [0.1, 0.15) is 24.9 Å². The summed E-state index contributed by atoms with van der Waals surface area (Å²) in [7, 11) is 1.78. The highest BCUT2D eigenvalue weighted by Crippen LogP contribution is 2.17. The predicted molar refractivity (Wildman–Crippen MR) is 56.5 cm³/mol. The summed E-state index contributed by atoms with van der Waals surface area (Å²) in [6.07, 6.45) is 3.97. The molecule has 2 nitrogen and oxygen atoms in total. The van der Waals surface area contributed by atoms with E-state index in [0.717, 1.165) is 17.7 Å². The number of aryl methyl sites for hydroxylation is 2. The van der Waals surface area contributed by atoms with Crippen LogP contribution in [0.15, 0.2) is 24.4 Å². The van der Waals surface area contributed by atoms with E-state index in [-0.39, 0.29) is 5.83 Å². The van der Waals surface area contributed by atoms with Crippen LogP contribution in [0, 0.1) is 6.92 Å². The highest BCUT2D eigenvalue weighted by atomic mass is 19.1. The van der Waals surface area contributed by atoms with Crippen LogP contribution in [0.3, 0.4) is 0 Å². The van der Waals surface area contributed by atoms with Crippen LogP contribution in [0.25, 0.3) is 5.83 Å². The van der Waals surface area contributed by atoms with Crippen molar-refractivity contribution in [2.75, 3.05) is 0 Å². The standard InChI is InChI=1S/C11H15FN2/c1-5-8(2)6-10(12)11-13-9(3)7-14(11)4/h6-7H,2,5H2,1,3-4H3/b10-6+. The van der Waals surface area contributed by atoms with Gasteiger partial charge in [-0.1, -0.05) is 19.1 Å². The molecule has 0 fully saturated rings. The maximum absolute atomic E-state index is 13.6. The Morgan fingerprint density at radius 2 is 2.36 bits per heavy atom. The second-order valence-corrected chi connectivity index (χ2v) is 3.32. The van der Waals surface area contributed by atoms with Gasteiger partial charge >= 0.3 is 0 Å². The molecule has 0 aliphatic carbocycles. The highest BCUT2D eigenvalue weighted by molar-refractivity contribution is 5.56. The van der Waals surface area contributed by atoms with Gasteiger partial charge in [-0.15, -0.1) is 0 Å². The fourth-order valence-electron chi connectivity index (χ4n) is 1.18. The second-order valence-electron chi connectivity index (χ2n) is 3.32. The minimum absolute atomic E-state index is 0.326. The molecule has 1 rings (SSSR count). The smallest absolute Gasteiger partial charge is 0.168 e. The van der Waals surface area contributed by atoms with E-state index in [1.165, 1.54) is 6.08 Å². The Morgan fingerprint density at radius 3 is 2.79 bits per heavy atom. The Morgan fingerprint density at radius 1 is 1.71 bits per heavy atom.